The molecular weight excluding hydrogens is 470 g/mol. The molecule has 0 radical (unpaired) electrons. The lowest BCUT2D eigenvalue weighted by Crippen LogP contribution is -2.58. The molecule has 0 unspecified atom stereocenters. The Kier molecular flexibility index (Phi) is 10.6. The summed E-state index contributed by atoms with van der Waals surface area (Å²) < 4.78 is 17.4. The highest BCUT2D eigenvalue weighted by atomic mass is 32.2. The number of hydrogen-bond donors (Lipinski definition) is 0. The number of esters is 2. The Hall–Kier alpha value is -2.13. The van der Waals surface area contributed by atoms with Gasteiger partial charge in [0, 0.05) is 16.2 Å². The van der Waals surface area contributed by atoms with Crippen molar-refractivity contribution in [2.45, 2.75) is 102 Å². The van der Waals surface area contributed by atoms with Gasteiger partial charge in [-0.3, -0.25) is 19.7 Å². The minimum Gasteiger partial charge on any atom is -0.466 e. The van der Waals surface area contributed by atoms with Gasteiger partial charge in [0.2, 0.25) is 6.04 Å². The molecule has 0 heterocycles. The largest absolute Gasteiger partial charge is 0.466 e. The Morgan fingerprint density at radius 1 is 1.11 bits per heavy atom. The predicted octanol–water partition coefficient (Wildman–Crippen LogP) is 5.22. The molecule has 0 aliphatic heterocycles. The first kappa shape index (κ1) is 29.1. The molecule has 35 heavy (non-hydrogen) atoms. The third kappa shape index (κ3) is 7.93. The second kappa shape index (κ2) is 12.7. The summed E-state index contributed by atoms with van der Waals surface area (Å²) in [5.41, 5.74) is 0.264. The molecule has 0 N–H and O–H groups in total. The average Bonchev–Trinajstić information content (AvgIpc) is 2.77. The zero-order valence-corrected chi connectivity index (χ0v) is 22.6. The van der Waals surface area contributed by atoms with Crippen LogP contribution in [0.4, 0.5) is 0 Å². The lowest BCUT2D eigenvalue weighted by atomic mass is 9.75. The summed E-state index contributed by atoms with van der Waals surface area (Å²) in [5, 5.41) is 11.7. The third-order valence-electron chi connectivity index (χ3n) is 6.08. The Morgan fingerprint density at radius 3 is 2.20 bits per heavy atom. The number of benzene rings is 1. The highest BCUT2D eigenvalue weighted by Gasteiger charge is 2.58. The fourth-order valence-electron chi connectivity index (χ4n) is 4.34. The molecule has 0 spiro atoms. The van der Waals surface area contributed by atoms with Crippen LogP contribution in [0, 0.1) is 28.9 Å². The minimum atomic E-state index is -1.33. The number of ether oxygens (including phenoxy) is 3. The van der Waals surface area contributed by atoms with E-state index in [1.165, 1.54) is 11.8 Å². The van der Waals surface area contributed by atoms with Crippen molar-refractivity contribution in [2.75, 3.05) is 6.61 Å². The van der Waals surface area contributed by atoms with Crippen LogP contribution in [0.15, 0.2) is 29.2 Å². The number of carbonyl (C=O) groups is 2. The molecule has 1 saturated carbocycles. The summed E-state index contributed by atoms with van der Waals surface area (Å²) in [6.45, 7) is 13.0. The van der Waals surface area contributed by atoms with Gasteiger partial charge in [-0.2, -0.15) is 0 Å². The molecule has 0 aromatic heterocycles. The molecule has 1 aliphatic rings. The fourth-order valence-corrected chi connectivity index (χ4v) is 5.70. The van der Waals surface area contributed by atoms with Crippen LogP contribution >= 0.6 is 11.8 Å². The van der Waals surface area contributed by atoms with Crippen LogP contribution in [0.5, 0.6) is 0 Å². The topological polar surface area (TPSA) is 105 Å². The molecule has 0 saturated heterocycles. The van der Waals surface area contributed by atoms with Crippen LogP contribution in [0.1, 0.15) is 66.4 Å². The maximum absolute atomic E-state index is 13.4. The van der Waals surface area contributed by atoms with Crippen molar-refractivity contribution in [3.63, 3.8) is 0 Å². The van der Waals surface area contributed by atoms with Crippen LogP contribution in [-0.2, 0) is 23.8 Å². The van der Waals surface area contributed by atoms with Crippen LogP contribution < -0.4 is 0 Å². The number of nitro groups is 1. The first-order valence-corrected chi connectivity index (χ1v) is 13.2. The summed E-state index contributed by atoms with van der Waals surface area (Å²) in [4.78, 5) is 39.1. The molecule has 8 nitrogen and oxygen atoms in total. The van der Waals surface area contributed by atoms with E-state index in [0.29, 0.717) is 12.8 Å². The molecule has 1 aromatic rings. The molecule has 0 bridgehead atoms. The van der Waals surface area contributed by atoms with Crippen LogP contribution in [0.2, 0.25) is 0 Å². The van der Waals surface area contributed by atoms with E-state index in [0.717, 1.165) is 10.5 Å². The Bertz CT molecular complexity index is 863. The number of thioether (sulfide) groups is 1. The SMILES string of the molecule is CCOC(=O)[C@@H]1C[C@@H]([N+](=O)[O-])[C@@H](C(=O)OC(C)(C)C)[C@H](OC(CC)CC)[C@@H]1Sc1ccc(C)cc1. The van der Waals surface area contributed by atoms with Gasteiger partial charge in [-0.05, 0) is 59.6 Å². The first-order valence-electron chi connectivity index (χ1n) is 12.3. The van der Waals surface area contributed by atoms with Crippen molar-refractivity contribution in [1.29, 1.82) is 0 Å². The Balaban J connectivity index is 2.62. The molecule has 0 amide bonds. The van der Waals surface area contributed by atoms with Gasteiger partial charge in [0.1, 0.15) is 5.60 Å². The maximum Gasteiger partial charge on any atom is 0.319 e. The van der Waals surface area contributed by atoms with Gasteiger partial charge in [0.15, 0.2) is 5.92 Å². The average molecular weight is 510 g/mol. The van der Waals surface area contributed by atoms with Crippen molar-refractivity contribution in [3.8, 4) is 0 Å². The summed E-state index contributed by atoms with van der Waals surface area (Å²) in [5.74, 6) is -3.15. The number of hydrogen-bond acceptors (Lipinski definition) is 8. The lowest BCUT2D eigenvalue weighted by molar-refractivity contribution is -0.537. The quantitative estimate of drug-likeness (QED) is 0.240. The van der Waals surface area contributed by atoms with Gasteiger partial charge in [-0.1, -0.05) is 31.5 Å². The minimum absolute atomic E-state index is 0.123. The van der Waals surface area contributed by atoms with Crippen molar-refractivity contribution < 1.29 is 28.7 Å². The van der Waals surface area contributed by atoms with E-state index in [1.54, 1.807) is 27.7 Å². The molecule has 1 aromatic carbocycles. The Morgan fingerprint density at radius 2 is 1.71 bits per heavy atom. The van der Waals surface area contributed by atoms with E-state index >= 15 is 0 Å². The van der Waals surface area contributed by atoms with Gasteiger partial charge in [-0.15, -0.1) is 11.8 Å². The van der Waals surface area contributed by atoms with Gasteiger partial charge < -0.3 is 14.2 Å². The second-order valence-electron chi connectivity index (χ2n) is 9.94. The van der Waals surface area contributed by atoms with Crippen LogP contribution in [0.25, 0.3) is 0 Å². The number of aryl methyl sites for hydroxylation is 1. The van der Waals surface area contributed by atoms with E-state index < -0.39 is 51.7 Å². The van der Waals surface area contributed by atoms with Gasteiger partial charge in [-0.25, -0.2) is 0 Å². The Labute approximate surface area is 212 Å². The summed E-state index contributed by atoms with van der Waals surface area (Å²) in [6, 6.07) is 6.49. The fraction of sp³-hybridized carbons (Fsp3) is 0.692. The van der Waals surface area contributed by atoms with Crippen molar-refractivity contribution in [3.05, 3.63) is 39.9 Å². The molecule has 1 aliphatic carbocycles. The maximum atomic E-state index is 13.4. The van der Waals surface area contributed by atoms with Crippen LogP contribution in [-0.4, -0.2) is 52.6 Å². The van der Waals surface area contributed by atoms with Gasteiger partial charge >= 0.3 is 11.9 Å². The second-order valence-corrected chi connectivity index (χ2v) is 11.2. The molecule has 9 heteroatoms. The van der Waals surface area contributed by atoms with Crippen molar-refractivity contribution in [1.82, 2.24) is 0 Å². The van der Waals surface area contributed by atoms with Crippen LogP contribution in [0.3, 0.4) is 0 Å². The van der Waals surface area contributed by atoms with E-state index in [4.69, 9.17) is 14.2 Å². The van der Waals surface area contributed by atoms with E-state index in [-0.39, 0.29) is 19.1 Å². The predicted molar refractivity (Wildman–Crippen MR) is 135 cm³/mol. The van der Waals surface area contributed by atoms with Crippen molar-refractivity contribution >= 4 is 23.7 Å². The summed E-state index contributed by atoms with van der Waals surface area (Å²) >= 11 is 1.40. The molecule has 1 fully saturated rings. The molecule has 196 valence electrons. The standard InChI is InChI=1S/C26H39NO7S/c1-8-17(9-2)33-22-21(25(29)34-26(5,6)7)20(27(30)31)15-19(24(28)32-10-3)23(22)35-18-13-11-16(4)12-14-18/h11-14,17,19-23H,8-10,15H2,1-7H3/t19-,20-,21-,22+,23-/m1/s1. The third-order valence-corrected chi connectivity index (χ3v) is 7.49. The van der Waals surface area contributed by atoms with Gasteiger partial charge in [0.05, 0.1) is 30.0 Å². The highest BCUT2D eigenvalue weighted by Crippen LogP contribution is 2.44. The van der Waals surface area contributed by atoms with E-state index in [2.05, 4.69) is 0 Å². The van der Waals surface area contributed by atoms with E-state index in [1.807, 2.05) is 45.0 Å². The molecular formula is C26H39NO7S. The number of carbonyl (C=O) groups excluding carboxylic acids is 2. The highest BCUT2D eigenvalue weighted by molar-refractivity contribution is 8.00. The smallest absolute Gasteiger partial charge is 0.319 e. The lowest BCUT2D eigenvalue weighted by Gasteiger charge is -2.43. The monoisotopic (exact) mass is 509 g/mol. The van der Waals surface area contributed by atoms with E-state index in [9.17, 15) is 19.7 Å². The van der Waals surface area contributed by atoms with Crippen molar-refractivity contribution in [2.24, 2.45) is 11.8 Å². The summed E-state index contributed by atoms with van der Waals surface area (Å²) in [6.07, 6.45) is 0.0907. The normalized spacial score (nSPS) is 24.7. The number of rotatable bonds is 10. The summed E-state index contributed by atoms with van der Waals surface area (Å²) in [7, 11) is 0. The zero-order chi connectivity index (χ0) is 26.3. The molecule has 5 atom stereocenters. The molecule has 2 rings (SSSR count). The number of nitrogens with zero attached hydrogens (tertiary/aromatic N) is 1. The van der Waals surface area contributed by atoms with Gasteiger partial charge in [0.25, 0.3) is 0 Å². The first-order chi connectivity index (χ1) is 16.4. The zero-order valence-electron chi connectivity index (χ0n) is 21.8.